The van der Waals surface area contributed by atoms with E-state index in [-0.39, 0.29) is 23.8 Å². The number of para-hydroxylation sites is 1. The standard InChI is InChI=1S/C16H21FN2O/c1-11-10-14(19-9-4-2-3-8-15(19)20)12-6-5-7-13(17)16(12)18-11/h5-7,11,14,18H,2-4,8-10H2,1H3/t11-,14+/m1/s1. The second-order valence-electron chi connectivity index (χ2n) is 5.90. The van der Waals surface area contributed by atoms with E-state index in [1.165, 1.54) is 6.07 Å². The van der Waals surface area contributed by atoms with E-state index < -0.39 is 0 Å². The molecule has 2 heterocycles. The van der Waals surface area contributed by atoms with Crippen molar-refractivity contribution in [2.24, 2.45) is 0 Å². The molecule has 0 unspecified atom stereocenters. The van der Waals surface area contributed by atoms with Gasteiger partial charge >= 0.3 is 0 Å². The van der Waals surface area contributed by atoms with Crippen LogP contribution >= 0.6 is 0 Å². The lowest BCUT2D eigenvalue weighted by Gasteiger charge is -2.38. The van der Waals surface area contributed by atoms with Gasteiger partial charge in [0.1, 0.15) is 5.82 Å². The molecule has 1 fully saturated rings. The van der Waals surface area contributed by atoms with Crippen LogP contribution in [-0.4, -0.2) is 23.4 Å². The van der Waals surface area contributed by atoms with E-state index in [0.717, 1.165) is 37.8 Å². The van der Waals surface area contributed by atoms with E-state index in [1.54, 1.807) is 6.07 Å². The molecule has 0 saturated carbocycles. The van der Waals surface area contributed by atoms with E-state index in [0.29, 0.717) is 12.1 Å². The molecule has 0 spiro atoms. The molecule has 1 saturated heterocycles. The molecular weight excluding hydrogens is 255 g/mol. The van der Waals surface area contributed by atoms with Crippen LogP contribution in [0.25, 0.3) is 0 Å². The van der Waals surface area contributed by atoms with Gasteiger partial charge in [0, 0.05) is 24.6 Å². The van der Waals surface area contributed by atoms with Crippen LogP contribution in [0.4, 0.5) is 10.1 Å². The van der Waals surface area contributed by atoms with Crippen LogP contribution in [0.3, 0.4) is 0 Å². The van der Waals surface area contributed by atoms with Gasteiger partial charge in [0.15, 0.2) is 0 Å². The number of likely N-dealkylation sites (tertiary alicyclic amines) is 1. The maximum Gasteiger partial charge on any atom is 0.223 e. The summed E-state index contributed by atoms with van der Waals surface area (Å²) < 4.78 is 14.0. The molecule has 1 amide bonds. The Morgan fingerprint density at radius 3 is 3.00 bits per heavy atom. The molecule has 0 aromatic heterocycles. The molecule has 3 nitrogen and oxygen atoms in total. The van der Waals surface area contributed by atoms with Crippen molar-refractivity contribution in [3.05, 3.63) is 29.6 Å². The average molecular weight is 276 g/mol. The van der Waals surface area contributed by atoms with Crippen molar-refractivity contribution in [1.82, 2.24) is 4.90 Å². The van der Waals surface area contributed by atoms with Gasteiger partial charge in [0.2, 0.25) is 5.91 Å². The number of anilines is 1. The summed E-state index contributed by atoms with van der Waals surface area (Å²) >= 11 is 0. The highest BCUT2D eigenvalue weighted by molar-refractivity contribution is 5.77. The Bertz CT molecular complexity index is 517. The van der Waals surface area contributed by atoms with Gasteiger partial charge in [-0.25, -0.2) is 4.39 Å². The van der Waals surface area contributed by atoms with Crippen molar-refractivity contribution in [3.8, 4) is 0 Å². The number of carbonyl (C=O) groups excluding carboxylic acids is 1. The number of amides is 1. The van der Waals surface area contributed by atoms with Crippen LogP contribution in [-0.2, 0) is 4.79 Å². The van der Waals surface area contributed by atoms with Gasteiger partial charge in [-0.05, 0) is 32.3 Å². The first-order valence-electron chi connectivity index (χ1n) is 7.51. The summed E-state index contributed by atoms with van der Waals surface area (Å²) in [6.45, 7) is 2.84. The summed E-state index contributed by atoms with van der Waals surface area (Å²) in [6.07, 6.45) is 4.62. The first-order valence-corrected chi connectivity index (χ1v) is 7.51. The Morgan fingerprint density at radius 1 is 1.30 bits per heavy atom. The molecule has 0 bridgehead atoms. The molecule has 1 aromatic rings. The zero-order chi connectivity index (χ0) is 14.1. The Morgan fingerprint density at radius 2 is 2.15 bits per heavy atom. The molecule has 20 heavy (non-hydrogen) atoms. The highest BCUT2D eigenvalue weighted by Crippen LogP contribution is 2.39. The van der Waals surface area contributed by atoms with E-state index in [9.17, 15) is 9.18 Å². The molecule has 0 radical (unpaired) electrons. The van der Waals surface area contributed by atoms with Crippen molar-refractivity contribution < 1.29 is 9.18 Å². The van der Waals surface area contributed by atoms with Crippen LogP contribution < -0.4 is 5.32 Å². The van der Waals surface area contributed by atoms with Gasteiger partial charge < -0.3 is 10.2 Å². The van der Waals surface area contributed by atoms with Gasteiger partial charge in [-0.15, -0.1) is 0 Å². The van der Waals surface area contributed by atoms with Gasteiger partial charge in [-0.3, -0.25) is 4.79 Å². The third-order valence-corrected chi connectivity index (χ3v) is 4.36. The van der Waals surface area contributed by atoms with Gasteiger partial charge in [-0.2, -0.15) is 0 Å². The largest absolute Gasteiger partial charge is 0.380 e. The molecule has 2 atom stereocenters. The van der Waals surface area contributed by atoms with E-state index in [4.69, 9.17) is 0 Å². The minimum absolute atomic E-state index is 0.0162. The lowest BCUT2D eigenvalue weighted by molar-refractivity contribution is -0.133. The predicted molar refractivity (Wildman–Crippen MR) is 77.0 cm³/mol. The van der Waals surface area contributed by atoms with Crippen molar-refractivity contribution in [2.75, 3.05) is 11.9 Å². The number of rotatable bonds is 1. The molecule has 2 aliphatic rings. The van der Waals surface area contributed by atoms with Crippen LogP contribution in [0.15, 0.2) is 18.2 Å². The number of fused-ring (bicyclic) bond motifs is 1. The molecule has 108 valence electrons. The number of hydrogen-bond acceptors (Lipinski definition) is 2. The quantitative estimate of drug-likeness (QED) is 0.851. The summed E-state index contributed by atoms with van der Waals surface area (Å²) in [5.74, 6) is -0.00173. The van der Waals surface area contributed by atoms with Gasteiger partial charge in [0.25, 0.3) is 0 Å². The van der Waals surface area contributed by atoms with Crippen molar-refractivity contribution in [2.45, 2.75) is 51.1 Å². The zero-order valence-electron chi connectivity index (χ0n) is 11.9. The first kappa shape index (κ1) is 13.4. The Labute approximate surface area is 119 Å². The summed E-state index contributed by atoms with van der Waals surface area (Å²) in [5.41, 5.74) is 1.51. The maximum atomic E-state index is 14.0. The SMILES string of the molecule is C[C@@H]1C[C@H](N2CCCCCC2=O)c2cccc(F)c2N1. The lowest BCUT2D eigenvalue weighted by Crippen LogP contribution is -2.40. The predicted octanol–water partition coefficient (Wildman–Crippen LogP) is 3.47. The number of carbonyl (C=O) groups is 1. The summed E-state index contributed by atoms with van der Waals surface area (Å²) in [6, 6.07) is 5.36. The van der Waals surface area contributed by atoms with Gasteiger partial charge in [0.05, 0.1) is 11.7 Å². The second kappa shape index (κ2) is 5.43. The molecule has 1 N–H and O–H groups in total. The fraction of sp³-hybridized carbons (Fsp3) is 0.562. The Balaban J connectivity index is 1.97. The van der Waals surface area contributed by atoms with Crippen LogP contribution in [0.5, 0.6) is 0 Å². The molecule has 1 aromatic carbocycles. The Kier molecular flexibility index (Phi) is 3.64. The highest BCUT2D eigenvalue weighted by Gasteiger charge is 2.33. The number of benzene rings is 1. The van der Waals surface area contributed by atoms with Crippen molar-refractivity contribution in [3.63, 3.8) is 0 Å². The molecule has 0 aliphatic carbocycles. The van der Waals surface area contributed by atoms with Crippen LogP contribution in [0.1, 0.15) is 50.6 Å². The monoisotopic (exact) mass is 276 g/mol. The molecule has 3 rings (SSSR count). The Hall–Kier alpha value is -1.58. The zero-order valence-corrected chi connectivity index (χ0v) is 11.9. The number of hydrogen-bond donors (Lipinski definition) is 1. The minimum Gasteiger partial charge on any atom is -0.380 e. The summed E-state index contributed by atoms with van der Waals surface area (Å²) in [7, 11) is 0. The number of nitrogens with zero attached hydrogens (tertiary/aromatic N) is 1. The van der Waals surface area contributed by atoms with E-state index >= 15 is 0 Å². The van der Waals surface area contributed by atoms with E-state index in [1.807, 2.05) is 17.9 Å². The summed E-state index contributed by atoms with van der Waals surface area (Å²) in [4.78, 5) is 14.3. The topological polar surface area (TPSA) is 32.3 Å². The molecule has 4 heteroatoms. The molecular formula is C16H21FN2O. The maximum absolute atomic E-state index is 14.0. The van der Waals surface area contributed by atoms with Crippen molar-refractivity contribution in [1.29, 1.82) is 0 Å². The van der Waals surface area contributed by atoms with Crippen LogP contribution in [0, 0.1) is 5.82 Å². The first-order chi connectivity index (χ1) is 9.66. The van der Waals surface area contributed by atoms with Gasteiger partial charge in [-0.1, -0.05) is 18.6 Å². The highest BCUT2D eigenvalue weighted by atomic mass is 19.1. The van der Waals surface area contributed by atoms with Crippen molar-refractivity contribution >= 4 is 11.6 Å². The number of nitrogens with one attached hydrogen (secondary N) is 1. The summed E-state index contributed by atoms with van der Waals surface area (Å²) in [5, 5.41) is 3.21. The average Bonchev–Trinajstić information content (AvgIpc) is 2.64. The van der Waals surface area contributed by atoms with E-state index in [2.05, 4.69) is 5.32 Å². The molecule has 2 aliphatic heterocycles. The van der Waals surface area contributed by atoms with Crippen LogP contribution in [0.2, 0.25) is 0 Å². The lowest BCUT2D eigenvalue weighted by atomic mass is 9.92. The second-order valence-corrected chi connectivity index (χ2v) is 5.90. The normalized spacial score (nSPS) is 26.7. The minimum atomic E-state index is -0.221. The third kappa shape index (κ3) is 2.39. The fourth-order valence-electron chi connectivity index (χ4n) is 3.37. The third-order valence-electron chi connectivity index (χ3n) is 4.36. The fourth-order valence-corrected chi connectivity index (χ4v) is 3.37. The smallest absolute Gasteiger partial charge is 0.223 e. The number of halogens is 1.